The lowest BCUT2D eigenvalue weighted by atomic mass is 10.1. The molecule has 1 aromatic rings. The Hall–Kier alpha value is -1.13. The second-order valence-electron chi connectivity index (χ2n) is 4.99. The largest absolute Gasteiger partial charge is 0.383 e. The summed E-state index contributed by atoms with van der Waals surface area (Å²) < 4.78 is 5.21. The number of nitrogens with zero attached hydrogens (tertiary/aromatic N) is 2. The van der Waals surface area contributed by atoms with E-state index in [2.05, 4.69) is 22.9 Å². The average molecular weight is 249 g/mol. The maximum absolute atomic E-state index is 5.70. The second kappa shape index (κ2) is 6.16. The number of hydrogen-bond donors (Lipinski definition) is 1. The van der Waals surface area contributed by atoms with E-state index in [1.165, 1.54) is 12.8 Å². The maximum atomic E-state index is 5.70. The number of hydrogen-bond acceptors (Lipinski definition) is 4. The van der Waals surface area contributed by atoms with Gasteiger partial charge in [0, 0.05) is 32.4 Å². The molecule has 2 rings (SSSR count). The molecule has 0 saturated heterocycles. The lowest BCUT2D eigenvalue weighted by molar-refractivity contribution is 0.202. The van der Waals surface area contributed by atoms with Gasteiger partial charge in [-0.15, -0.1) is 0 Å². The van der Waals surface area contributed by atoms with Crippen molar-refractivity contribution >= 4 is 5.82 Å². The van der Waals surface area contributed by atoms with Crippen LogP contribution in [0.2, 0.25) is 0 Å². The first-order valence-corrected chi connectivity index (χ1v) is 6.67. The molecule has 0 aliphatic heterocycles. The summed E-state index contributed by atoms with van der Waals surface area (Å²) in [5, 5.41) is 0. The first-order valence-electron chi connectivity index (χ1n) is 6.67. The van der Waals surface area contributed by atoms with Crippen LogP contribution in [0.25, 0.3) is 0 Å². The molecular formula is C14H23N3O. The van der Waals surface area contributed by atoms with Gasteiger partial charge in [-0.3, -0.25) is 0 Å². The molecule has 1 aliphatic rings. The summed E-state index contributed by atoms with van der Waals surface area (Å²) in [6.45, 7) is 4.45. The highest BCUT2D eigenvalue weighted by Gasteiger charge is 2.32. The topological polar surface area (TPSA) is 51.4 Å². The monoisotopic (exact) mass is 249 g/mol. The van der Waals surface area contributed by atoms with Crippen molar-refractivity contribution in [2.45, 2.75) is 32.4 Å². The van der Waals surface area contributed by atoms with Gasteiger partial charge in [0.1, 0.15) is 5.82 Å². The van der Waals surface area contributed by atoms with Crippen LogP contribution in [0, 0.1) is 5.92 Å². The van der Waals surface area contributed by atoms with Crippen molar-refractivity contribution in [1.82, 2.24) is 4.98 Å². The van der Waals surface area contributed by atoms with E-state index in [0.29, 0.717) is 12.6 Å². The van der Waals surface area contributed by atoms with Gasteiger partial charge in [0.25, 0.3) is 0 Å². The third kappa shape index (κ3) is 3.21. The minimum atomic E-state index is 0.528. The summed E-state index contributed by atoms with van der Waals surface area (Å²) >= 11 is 0. The van der Waals surface area contributed by atoms with Gasteiger partial charge < -0.3 is 15.4 Å². The summed E-state index contributed by atoms with van der Waals surface area (Å²) in [6, 6.07) is 4.59. The molecule has 0 bridgehead atoms. The minimum absolute atomic E-state index is 0.528. The number of rotatable bonds is 7. The van der Waals surface area contributed by atoms with E-state index in [1.54, 1.807) is 7.11 Å². The van der Waals surface area contributed by atoms with Crippen molar-refractivity contribution < 1.29 is 4.74 Å². The van der Waals surface area contributed by atoms with Crippen LogP contribution in [-0.2, 0) is 11.3 Å². The van der Waals surface area contributed by atoms with Gasteiger partial charge in [-0.25, -0.2) is 4.98 Å². The van der Waals surface area contributed by atoms with Gasteiger partial charge in [0.15, 0.2) is 0 Å². The zero-order valence-corrected chi connectivity index (χ0v) is 11.3. The van der Waals surface area contributed by atoms with E-state index in [-0.39, 0.29) is 0 Å². The van der Waals surface area contributed by atoms with E-state index in [0.717, 1.165) is 30.5 Å². The number of aromatic nitrogens is 1. The molecule has 1 heterocycles. The smallest absolute Gasteiger partial charge is 0.129 e. The molecular weight excluding hydrogens is 226 g/mol. The van der Waals surface area contributed by atoms with Crippen LogP contribution in [0.3, 0.4) is 0 Å². The predicted octanol–water partition coefficient (Wildman–Crippen LogP) is 1.79. The molecule has 0 spiro atoms. The third-order valence-electron chi connectivity index (χ3n) is 3.67. The van der Waals surface area contributed by atoms with Crippen LogP contribution in [0.1, 0.15) is 25.3 Å². The Labute approximate surface area is 109 Å². The Bertz CT molecular complexity index is 379. The molecule has 4 nitrogen and oxygen atoms in total. The Morgan fingerprint density at radius 1 is 1.56 bits per heavy atom. The first-order chi connectivity index (χ1) is 8.76. The SMILES string of the molecule is COCCN(c1cc(CN)ccn1)C(C)C1CC1. The fraction of sp³-hybridized carbons (Fsp3) is 0.643. The summed E-state index contributed by atoms with van der Waals surface area (Å²) in [7, 11) is 1.74. The summed E-state index contributed by atoms with van der Waals surface area (Å²) in [4.78, 5) is 6.83. The molecule has 0 amide bonds. The lowest BCUT2D eigenvalue weighted by Gasteiger charge is -2.30. The number of pyridine rings is 1. The molecule has 1 aromatic heterocycles. The van der Waals surface area contributed by atoms with E-state index in [9.17, 15) is 0 Å². The van der Waals surface area contributed by atoms with Gasteiger partial charge in [-0.1, -0.05) is 0 Å². The number of methoxy groups -OCH3 is 1. The second-order valence-corrected chi connectivity index (χ2v) is 4.99. The standard InChI is InChI=1S/C14H23N3O/c1-11(13-3-4-13)17(7-8-18-2)14-9-12(10-15)5-6-16-14/h5-6,9,11,13H,3-4,7-8,10,15H2,1-2H3. The van der Waals surface area contributed by atoms with Gasteiger partial charge in [-0.2, -0.15) is 0 Å². The van der Waals surface area contributed by atoms with Crippen LogP contribution in [0.15, 0.2) is 18.3 Å². The molecule has 100 valence electrons. The van der Waals surface area contributed by atoms with Crippen LogP contribution in [0.4, 0.5) is 5.82 Å². The molecule has 0 radical (unpaired) electrons. The van der Waals surface area contributed by atoms with Crippen molar-refractivity contribution in [1.29, 1.82) is 0 Å². The fourth-order valence-corrected chi connectivity index (χ4v) is 2.29. The van der Waals surface area contributed by atoms with Crippen LogP contribution >= 0.6 is 0 Å². The molecule has 18 heavy (non-hydrogen) atoms. The zero-order valence-electron chi connectivity index (χ0n) is 11.3. The van der Waals surface area contributed by atoms with Gasteiger partial charge in [0.2, 0.25) is 0 Å². The highest BCUT2D eigenvalue weighted by Crippen LogP contribution is 2.36. The number of nitrogens with two attached hydrogens (primary N) is 1. The molecule has 1 saturated carbocycles. The molecule has 4 heteroatoms. The summed E-state index contributed by atoms with van der Waals surface area (Å²) in [6.07, 6.45) is 4.51. The number of ether oxygens (including phenoxy) is 1. The lowest BCUT2D eigenvalue weighted by Crippen LogP contribution is -2.38. The van der Waals surface area contributed by atoms with Crippen molar-refractivity contribution in [3.63, 3.8) is 0 Å². The van der Waals surface area contributed by atoms with E-state index in [4.69, 9.17) is 10.5 Å². The molecule has 1 fully saturated rings. The van der Waals surface area contributed by atoms with E-state index < -0.39 is 0 Å². The van der Waals surface area contributed by atoms with Gasteiger partial charge >= 0.3 is 0 Å². The van der Waals surface area contributed by atoms with Crippen molar-refractivity contribution in [3.8, 4) is 0 Å². The average Bonchev–Trinajstić information content (AvgIpc) is 3.23. The normalized spacial score (nSPS) is 16.6. The molecule has 0 aromatic carbocycles. The Morgan fingerprint density at radius 2 is 2.33 bits per heavy atom. The third-order valence-corrected chi connectivity index (χ3v) is 3.67. The van der Waals surface area contributed by atoms with Gasteiger partial charge in [0.05, 0.1) is 6.61 Å². The first kappa shape index (κ1) is 13.3. The number of anilines is 1. The highest BCUT2D eigenvalue weighted by molar-refractivity contribution is 5.42. The zero-order chi connectivity index (χ0) is 13.0. The van der Waals surface area contributed by atoms with Crippen LogP contribution < -0.4 is 10.6 Å². The highest BCUT2D eigenvalue weighted by atomic mass is 16.5. The van der Waals surface area contributed by atoms with Crippen molar-refractivity contribution in [3.05, 3.63) is 23.9 Å². The predicted molar refractivity (Wildman–Crippen MR) is 73.5 cm³/mol. The molecule has 1 atom stereocenters. The van der Waals surface area contributed by atoms with Crippen LogP contribution in [-0.4, -0.2) is 31.3 Å². The molecule has 2 N–H and O–H groups in total. The molecule has 1 unspecified atom stereocenters. The Morgan fingerprint density at radius 3 is 2.94 bits per heavy atom. The van der Waals surface area contributed by atoms with Crippen LogP contribution in [0.5, 0.6) is 0 Å². The van der Waals surface area contributed by atoms with Crippen molar-refractivity contribution in [2.75, 3.05) is 25.2 Å². The quantitative estimate of drug-likeness (QED) is 0.800. The van der Waals surface area contributed by atoms with E-state index in [1.807, 2.05) is 12.3 Å². The summed E-state index contributed by atoms with van der Waals surface area (Å²) in [5.41, 5.74) is 6.83. The maximum Gasteiger partial charge on any atom is 0.129 e. The van der Waals surface area contributed by atoms with Crippen molar-refractivity contribution in [2.24, 2.45) is 11.7 Å². The Balaban J connectivity index is 2.14. The van der Waals surface area contributed by atoms with Gasteiger partial charge in [-0.05, 0) is 43.4 Å². The Kier molecular flexibility index (Phi) is 4.55. The minimum Gasteiger partial charge on any atom is -0.383 e. The summed E-state index contributed by atoms with van der Waals surface area (Å²) in [5.74, 6) is 1.83. The van der Waals surface area contributed by atoms with E-state index >= 15 is 0 Å². The fourth-order valence-electron chi connectivity index (χ4n) is 2.29. The molecule has 1 aliphatic carbocycles.